The van der Waals surface area contributed by atoms with Crippen LogP contribution < -0.4 is 5.73 Å². The third kappa shape index (κ3) is 3.60. The van der Waals surface area contributed by atoms with Crippen LogP contribution in [0.5, 0.6) is 0 Å². The topological polar surface area (TPSA) is 46.3 Å². The van der Waals surface area contributed by atoms with Crippen LogP contribution in [0.2, 0.25) is 0 Å². The van der Waals surface area contributed by atoms with E-state index in [-0.39, 0.29) is 18.9 Å². The van der Waals surface area contributed by atoms with Crippen molar-refractivity contribution < 1.29 is 18.0 Å². The second-order valence-corrected chi connectivity index (χ2v) is 6.01. The Morgan fingerprint density at radius 2 is 1.89 bits per heavy atom. The van der Waals surface area contributed by atoms with Crippen molar-refractivity contribution in [2.45, 2.75) is 45.8 Å². The Labute approximate surface area is 106 Å². The van der Waals surface area contributed by atoms with Gasteiger partial charge in [-0.25, -0.2) is 0 Å². The van der Waals surface area contributed by atoms with Gasteiger partial charge in [0, 0.05) is 13.1 Å². The zero-order valence-electron chi connectivity index (χ0n) is 11.0. The first-order valence-electron chi connectivity index (χ1n) is 6.14. The number of hydrogen-bond acceptors (Lipinski definition) is 2. The van der Waals surface area contributed by atoms with E-state index in [0.29, 0.717) is 13.0 Å². The summed E-state index contributed by atoms with van der Waals surface area (Å²) in [5.74, 6) is -1.79. The van der Waals surface area contributed by atoms with Crippen molar-refractivity contribution in [2.24, 2.45) is 17.1 Å². The first-order chi connectivity index (χ1) is 8.03. The van der Waals surface area contributed by atoms with Gasteiger partial charge in [0.15, 0.2) is 0 Å². The summed E-state index contributed by atoms with van der Waals surface area (Å²) >= 11 is 0. The first-order valence-corrected chi connectivity index (χ1v) is 6.14. The highest BCUT2D eigenvalue weighted by atomic mass is 19.4. The summed E-state index contributed by atoms with van der Waals surface area (Å²) in [6.07, 6.45) is -3.75. The van der Waals surface area contributed by atoms with E-state index in [9.17, 15) is 18.0 Å². The molecule has 1 unspecified atom stereocenters. The van der Waals surface area contributed by atoms with E-state index in [0.717, 1.165) is 0 Å². The average molecular weight is 266 g/mol. The quantitative estimate of drug-likeness (QED) is 0.790. The molecule has 1 rings (SSSR count). The van der Waals surface area contributed by atoms with Crippen LogP contribution >= 0.6 is 0 Å². The van der Waals surface area contributed by atoms with E-state index in [1.54, 1.807) is 20.8 Å². The minimum absolute atomic E-state index is 0.0953. The molecule has 0 saturated carbocycles. The summed E-state index contributed by atoms with van der Waals surface area (Å²) < 4.78 is 37.9. The number of halogens is 3. The maximum atomic E-state index is 12.6. The first kappa shape index (κ1) is 15.3. The molecule has 1 fully saturated rings. The third-order valence-corrected chi connectivity index (χ3v) is 3.40. The van der Waals surface area contributed by atoms with Crippen molar-refractivity contribution in [2.75, 3.05) is 13.1 Å². The lowest BCUT2D eigenvalue weighted by Crippen LogP contribution is -2.54. The molecule has 2 N–H and O–H groups in total. The van der Waals surface area contributed by atoms with Crippen LogP contribution in [0.1, 0.15) is 33.6 Å². The van der Waals surface area contributed by atoms with Crippen LogP contribution in [0.3, 0.4) is 0 Å². The number of amides is 1. The van der Waals surface area contributed by atoms with Gasteiger partial charge in [0.2, 0.25) is 5.91 Å². The number of likely N-dealkylation sites (tertiary alicyclic amines) is 1. The van der Waals surface area contributed by atoms with Crippen molar-refractivity contribution in [3.63, 3.8) is 0 Å². The Morgan fingerprint density at radius 1 is 1.33 bits per heavy atom. The Bertz CT molecular complexity index is 309. The van der Waals surface area contributed by atoms with E-state index in [1.807, 2.05) is 0 Å². The van der Waals surface area contributed by atoms with Gasteiger partial charge in [0.25, 0.3) is 0 Å². The molecular formula is C12H21F3N2O. The van der Waals surface area contributed by atoms with Crippen LogP contribution in [0.4, 0.5) is 13.2 Å². The lowest BCUT2D eigenvalue weighted by Gasteiger charge is -2.37. The standard InChI is InChI=1S/C12H21F3N2O/c1-11(2,3)9(16)10(18)17-6-4-5-8(7-17)12(13,14)15/h8-9H,4-7,16H2,1-3H3/t8?,9-/m0/s1. The largest absolute Gasteiger partial charge is 0.393 e. The van der Waals surface area contributed by atoms with Crippen molar-refractivity contribution in [1.82, 2.24) is 4.90 Å². The molecular weight excluding hydrogens is 245 g/mol. The number of hydrogen-bond donors (Lipinski definition) is 1. The molecule has 0 aromatic rings. The summed E-state index contributed by atoms with van der Waals surface area (Å²) in [6.45, 7) is 5.53. The summed E-state index contributed by atoms with van der Waals surface area (Å²) in [6, 6.07) is -0.760. The van der Waals surface area contributed by atoms with Gasteiger partial charge in [-0.05, 0) is 18.3 Å². The van der Waals surface area contributed by atoms with E-state index >= 15 is 0 Å². The third-order valence-electron chi connectivity index (χ3n) is 3.40. The second kappa shape index (κ2) is 5.07. The van der Waals surface area contributed by atoms with Crippen LogP contribution in [0, 0.1) is 11.3 Å². The van der Waals surface area contributed by atoms with Gasteiger partial charge < -0.3 is 10.6 Å². The molecule has 2 atom stereocenters. The molecule has 3 nitrogen and oxygen atoms in total. The number of alkyl halides is 3. The van der Waals surface area contributed by atoms with Crippen LogP contribution in [-0.2, 0) is 4.79 Å². The summed E-state index contributed by atoms with van der Waals surface area (Å²) in [5.41, 5.74) is 5.36. The monoisotopic (exact) mass is 266 g/mol. The molecule has 1 saturated heterocycles. The molecule has 0 aliphatic carbocycles. The van der Waals surface area contributed by atoms with Crippen LogP contribution in [-0.4, -0.2) is 36.1 Å². The zero-order chi connectivity index (χ0) is 14.1. The minimum Gasteiger partial charge on any atom is -0.341 e. The molecule has 1 aliphatic rings. The highest BCUT2D eigenvalue weighted by Crippen LogP contribution is 2.33. The van der Waals surface area contributed by atoms with Crippen molar-refractivity contribution in [1.29, 1.82) is 0 Å². The van der Waals surface area contributed by atoms with Gasteiger partial charge in [-0.3, -0.25) is 4.79 Å². The van der Waals surface area contributed by atoms with E-state index < -0.39 is 23.6 Å². The van der Waals surface area contributed by atoms with Crippen LogP contribution in [0.25, 0.3) is 0 Å². The molecule has 1 aliphatic heterocycles. The predicted molar refractivity (Wildman–Crippen MR) is 62.8 cm³/mol. The maximum Gasteiger partial charge on any atom is 0.393 e. The molecule has 1 amide bonds. The SMILES string of the molecule is CC(C)(C)[C@@H](N)C(=O)N1CCCC(C(F)(F)F)C1. The van der Waals surface area contributed by atoms with E-state index in [4.69, 9.17) is 5.73 Å². The van der Waals surface area contributed by atoms with Gasteiger partial charge in [0.05, 0.1) is 12.0 Å². The molecule has 0 spiro atoms. The lowest BCUT2D eigenvalue weighted by molar-refractivity contribution is -0.188. The number of nitrogens with zero attached hydrogens (tertiary/aromatic N) is 1. The lowest BCUT2D eigenvalue weighted by atomic mass is 9.85. The molecule has 6 heteroatoms. The van der Waals surface area contributed by atoms with Gasteiger partial charge in [-0.1, -0.05) is 20.8 Å². The number of nitrogens with two attached hydrogens (primary N) is 1. The minimum atomic E-state index is -4.23. The maximum absolute atomic E-state index is 12.6. The van der Waals surface area contributed by atoms with Gasteiger partial charge >= 0.3 is 6.18 Å². The number of carbonyl (C=O) groups is 1. The van der Waals surface area contributed by atoms with E-state index in [1.165, 1.54) is 4.90 Å². The molecule has 1 heterocycles. The second-order valence-electron chi connectivity index (χ2n) is 6.01. The van der Waals surface area contributed by atoms with Crippen LogP contribution in [0.15, 0.2) is 0 Å². The smallest absolute Gasteiger partial charge is 0.341 e. The molecule has 0 aromatic carbocycles. The molecule has 0 radical (unpaired) electrons. The van der Waals surface area contributed by atoms with Crippen molar-refractivity contribution in [3.8, 4) is 0 Å². The fraction of sp³-hybridized carbons (Fsp3) is 0.917. The number of rotatable bonds is 1. The van der Waals surface area contributed by atoms with Crippen molar-refractivity contribution in [3.05, 3.63) is 0 Å². The molecule has 0 aromatic heterocycles. The Morgan fingerprint density at radius 3 is 2.33 bits per heavy atom. The Balaban J connectivity index is 2.70. The summed E-state index contributed by atoms with van der Waals surface area (Å²) in [4.78, 5) is 13.3. The fourth-order valence-corrected chi connectivity index (χ4v) is 2.01. The Kier molecular flexibility index (Phi) is 4.30. The molecule has 0 bridgehead atoms. The normalized spacial score (nSPS) is 23.9. The predicted octanol–water partition coefficient (Wildman–Crippen LogP) is 2.16. The fourth-order valence-electron chi connectivity index (χ4n) is 2.01. The number of piperidine rings is 1. The molecule has 18 heavy (non-hydrogen) atoms. The van der Waals surface area contributed by atoms with Gasteiger partial charge in [0.1, 0.15) is 0 Å². The number of carbonyl (C=O) groups excluding carboxylic acids is 1. The van der Waals surface area contributed by atoms with Gasteiger partial charge in [-0.2, -0.15) is 13.2 Å². The Hall–Kier alpha value is -0.780. The van der Waals surface area contributed by atoms with E-state index in [2.05, 4.69) is 0 Å². The van der Waals surface area contributed by atoms with Gasteiger partial charge in [-0.15, -0.1) is 0 Å². The highest BCUT2D eigenvalue weighted by Gasteiger charge is 2.43. The zero-order valence-corrected chi connectivity index (χ0v) is 11.0. The average Bonchev–Trinajstić information content (AvgIpc) is 2.25. The summed E-state index contributed by atoms with van der Waals surface area (Å²) in [7, 11) is 0. The summed E-state index contributed by atoms with van der Waals surface area (Å²) in [5, 5.41) is 0. The highest BCUT2D eigenvalue weighted by molar-refractivity contribution is 5.82. The van der Waals surface area contributed by atoms with Crippen molar-refractivity contribution >= 4 is 5.91 Å². The molecule has 106 valence electrons.